The van der Waals surface area contributed by atoms with E-state index in [-0.39, 0.29) is 19.4 Å². The summed E-state index contributed by atoms with van der Waals surface area (Å²) >= 11 is 0. The summed E-state index contributed by atoms with van der Waals surface area (Å²) in [7, 11) is 0. The molecule has 0 saturated heterocycles. The molecule has 0 fully saturated rings. The van der Waals surface area contributed by atoms with Gasteiger partial charge >= 0.3 is 12.1 Å². The monoisotopic (exact) mass is 318 g/mol. The molecule has 1 rings (SSSR count). The van der Waals surface area contributed by atoms with E-state index in [4.69, 9.17) is 5.11 Å². The van der Waals surface area contributed by atoms with E-state index < -0.39 is 36.1 Å². The zero-order valence-corrected chi connectivity index (χ0v) is 11.1. The van der Waals surface area contributed by atoms with Crippen molar-refractivity contribution >= 4 is 17.5 Å². The van der Waals surface area contributed by atoms with Crippen LogP contribution < -0.4 is 0 Å². The van der Waals surface area contributed by atoms with Crippen molar-refractivity contribution in [3.05, 3.63) is 35.4 Å². The van der Waals surface area contributed by atoms with Crippen molar-refractivity contribution < 1.29 is 32.7 Å². The first-order valence-corrected chi connectivity index (χ1v) is 6.06. The van der Waals surface area contributed by atoms with Crippen molar-refractivity contribution in [1.82, 2.24) is 0 Å². The van der Waals surface area contributed by atoms with Gasteiger partial charge in [-0.15, -0.1) is 0 Å². The van der Waals surface area contributed by atoms with Crippen LogP contribution in [-0.4, -0.2) is 28.8 Å². The Hall–Kier alpha value is -2.18. The molecule has 0 spiro atoms. The standard InChI is InChI=1S/C14H13F3O4.CH4/c1-8(13(20)21)6-9-2-4-10(5-3-9)11(18)7-12(19)14(15,16)17;/h2-5,8H,6-7H2,1H3,(H,20,21);1H4. The first-order chi connectivity index (χ1) is 9.61. The topological polar surface area (TPSA) is 71.4 Å². The maximum Gasteiger partial charge on any atom is 0.450 e. The lowest BCUT2D eigenvalue weighted by Gasteiger charge is -2.07. The molecular weight excluding hydrogens is 301 g/mol. The number of carboxylic acids is 1. The smallest absolute Gasteiger partial charge is 0.450 e. The number of carboxylic acid groups (broad SMARTS) is 1. The van der Waals surface area contributed by atoms with Crippen LogP contribution in [0.15, 0.2) is 24.3 Å². The van der Waals surface area contributed by atoms with Gasteiger partial charge in [0.15, 0.2) is 5.78 Å². The van der Waals surface area contributed by atoms with E-state index in [0.717, 1.165) is 0 Å². The summed E-state index contributed by atoms with van der Waals surface area (Å²) in [6.45, 7) is 1.52. The average molecular weight is 318 g/mol. The molecule has 1 aromatic rings. The molecule has 0 saturated carbocycles. The van der Waals surface area contributed by atoms with E-state index in [0.29, 0.717) is 5.56 Å². The van der Waals surface area contributed by atoms with Gasteiger partial charge in [0.1, 0.15) is 0 Å². The lowest BCUT2D eigenvalue weighted by atomic mass is 9.98. The second-order valence-electron chi connectivity index (χ2n) is 4.66. The molecule has 0 radical (unpaired) electrons. The molecule has 1 aromatic carbocycles. The summed E-state index contributed by atoms with van der Waals surface area (Å²) in [6.07, 6.45) is -6.01. The molecule has 0 aromatic heterocycles. The Kier molecular flexibility index (Phi) is 6.96. The molecule has 0 aliphatic heterocycles. The van der Waals surface area contributed by atoms with Crippen LogP contribution in [0.4, 0.5) is 13.2 Å². The first-order valence-electron chi connectivity index (χ1n) is 6.06. The maximum absolute atomic E-state index is 12.1. The van der Waals surface area contributed by atoms with Crippen molar-refractivity contribution in [2.45, 2.75) is 33.4 Å². The predicted molar refractivity (Wildman–Crippen MR) is 73.7 cm³/mol. The second-order valence-corrected chi connectivity index (χ2v) is 4.66. The fourth-order valence-electron chi connectivity index (χ4n) is 1.62. The van der Waals surface area contributed by atoms with Gasteiger partial charge in [0, 0.05) is 5.56 Å². The number of hydrogen-bond donors (Lipinski definition) is 1. The summed E-state index contributed by atoms with van der Waals surface area (Å²) < 4.78 is 36.2. The molecule has 0 aliphatic carbocycles. The molecule has 0 aliphatic rings. The number of rotatable bonds is 6. The molecule has 22 heavy (non-hydrogen) atoms. The highest BCUT2D eigenvalue weighted by Crippen LogP contribution is 2.19. The molecule has 0 heterocycles. The fraction of sp³-hybridized carbons (Fsp3) is 0.400. The second kappa shape index (κ2) is 7.72. The Morgan fingerprint density at radius 1 is 1.14 bits per heavy atom. The van der Waals surface area contributed by atoms with E-state index >= 15 is 0 Å². The molecule has 1 N–H and O–H groups in total. The molecule has 7 heteroatoms. The van der Waals surface area contributed by atoms with Crippen LogP contribution in [0.25, 0.3) is 0 Å². The number of alkyl halides is 3. The molecule has 1 unspecified atom stereocenters. The van der Waals surface area contributed by atoms with Crippen molar-refractivity contribution in [2.75, 3.05) is 0 Å². The van der Waals surface area contributed by atoms with Crippen molar-refractivity contribution in [3.8, 4) is 0 Å². The van der Waals surface area contributed by atoms with Crippen molar-refractivity contribution in [1.29, 1.82) is 0 Å². The molecule has 1 atom stereocenters. The van der Waals surface area contributed by atoms with Crippen LogP contribution in [-0.2, 0) is 16.0 Å². The van der Waals surface area contributed by atoms with E-state index in [9.17, 15) is 27.6 Å². The van der Waals surface area contributed by atoms with Gasteiger partial charge in [0.25, 0.3) is 0 Å². The van der Waals surface area contributed by atoms with Gasteiger partial charge in [-0.3, -0.25) is 14.4 Å². The number of Topliss-reactive ketones (excluding diaryl/α,β-unsaturated/α-hetero) is 2. The van der Waals surface area contributed by atoms with Crippen LogP contribution in [0, 0.1) is 5.92 Å². The fourth-order valence-corrected chi connectivity index (χ4v) is 1.62. The van der Waals surface area contributed by atoms with Crippen LogP contribution in [0.3, 0.4) is 0 Å². The largest absolute Gasteiger partial charge is 0.481 e. The van der Waals surface area contributed by atoms with Crippen molar-refractivity contribution in [3.63, 3.8) is 0 Å². The minimum absolute atomic E-state index is 0. The van der Waals surface area contributed by atoms with Crippen LogP contribution in [0.2, 0.25) is 0 Å². The Labute approximate surface area is 125 Å². The summed E-state index contributed by atoms with van der Waals surface area (Å²) in [6, 6.07) is 5.50. The first kappa shape index (κ1) is 19.8. The lowest BCUT2D eigenvalue weighted by Crippen LogP contribution is -2.25. The SMILES string of the molecule is C.CC(Cc1ccc(C(=O)CC(=O)C(F)(F)F)cc1)C(=O)O. The average Bonchev–Trinajstić information content (AvgIpc) is 2.38. The number of hydrogen-bond acceptors (Lipinski definition) is 3. The predicted octanol–water partition coefficient (Wildman–Crippen LogP) is 3.29. The van der Waals surface area contributed by atoms with Gasteiger partial charge in [0.2, 0.25) is 5.78 Å². The quantitative estimate of drug-likeness (QED) is 0.645. The number of benzene rings is 1. The van der Waals surface area contributed by atoms with Gasteiger partial charge in [-0.05, 0) is 12.0 Å². The van der Waals surface area contributed by atoms with Gasteiger partial charge in [-0.25, -0.2) is 0 Å². The normalized spacial score (nSPS) is 12.2. The van der Waals surface area contributed by atoms with E-state index in [2.05, 4.69) is 0 Å². The Morgan fingerprint density at radius 3 is 2.05 bits per heavy atom. The van der Waals surface area contributed by atoms with Crippen LogP contribution in [0.1, 0.15) is 36.7 Å². The highest BCUT2D eigenvalue weighted by molar-refractivity contribution is 6.09. The Bertz CT molecular complexity index is 547. The van der Waals surface area contributed by atoms with Gasteiger partial charge in [-0.1, -0.05) is 38.6 Å². The highest BCUT2D eigenvalue weighted by Gasteiger charge is 2.39. The minimum Gasteiger partial charge on any atom is -0.481 e. The number of carbonyl (C=O) groups excluding carboxylic acids is 2. The summed E-state index contributed by atoms with van der Waals surface area (Å²) in [5.74, 6) is -4.59. The van der Waals surface area contributed by atoms with E-state index in [1.807, 2.05) is 0 Å². The van der Waals surface area contributed by atoms with Crippen LogP contribution in [0.5, 0.6) is 0 Å². The highest BCUT2D eigenvalue weighted by atomic mass is 19.4. The third-order valence-corrected chi connectivity index (χ3v) is 2.88. The summed E-state index contributed by atoms with van der Waals surface area (Å²) in [5.41, 5.74) is 0.628. The molecule has 4 nitrogen and oxygen atoms in total. The van der Waals surface area contributed by atoms with E-state index in [1.54, 1.807) is 0 Å². The van der Waals surface area contributed by atoms with Gasteiger partial charge in [-0.2, -0.15) is 13.2 Å². The summed E-state index contributed by atoms with van der Waals surface area (Å²) in [5, 5.41) is 8.76. The minimum atomic E-state index is -5.02. The molecule has 0 bridgehead atoms. The maximum atomic E-state index is 12.1. The number of aliphatic carboxylic acids is 1. The number of carbonyl (C=O) groups is 3. The Morgan fingerprint density at radius 2 is 1.64 bits per heavy atom. The van der Waals surface area contributed by atoms with Crippen LogP contribution >= 0.6 is 0 Å². The van der Waals surface area contributed by atoms with Crippen molar-refractivity contribution in [2.24, 2.45) is 5.92 Å². The Balaban J connectivity index is 0.00000441. The zero-order valence-electron chi connectivity index (χ0n) is 11.1. The lowest BCUT2D eigenvalue weighted by molar-refractivity contribution is -0.170. The number of ketones is 2. The van der Waals surface area contributed by atoms with Gasteiger partial charge in [0.05, 0.1) is 12.3 Å². The zero-order chi connectivity index (χ0) is 16.2. The number of halogens is 3. The summed E-state index contributed by atoms with van der Waals surface area (Å²) in [4.78, 5) is 32.9. The van der Waals surface area contributed by atoms with E-state index in [1.165, 1.54) is 31.2 Å². The third-order valence-electron chi connectivity index (χ3n) is 2.88. The molecule has 122 valence electrons. The third kappa shape index (κ3) is 5.67. The molecule has 0 amide bonds. The molecular formula is C15H17F3O4. The van der Waals surface area contributed by atoms with Gasteiger partial charge < -0.3 is 5.11 Å².